The van der Waals surface area contributed by atoms with Gasteiger partial charge in [0.05, 0.1) is 11.0 Å². The van der Waals surface area contributed by atoms with Crippen molar-refractivity contribution in [2.45, 2.75) is 19.3 Å². The fourth-order valence-corrected chi connectivity index (χ4v) is 9.95. The number of hydrogen-bond acceptors (Lipinski definition) is 4. The summed E-state index contributed by atoms with van der Waals surface area (Å²) < 4.78 is 5.15. The summed E-state index contributed by atoms with van der Waals surface area (Å²) in [6.07, 6.45) is 0. The van der Waals surface area contributed by atoms with Crippen LogP contribution in [-0.2, 0) is 5.41 Å². The minimum atomic E-state index is -0.183. The van der Waals surface area contributed by atoms with Gasteiger partial charge in [0.15, 0.2) is 17.5 Å². The number of fused-ring (bicyclic) bond motifs is 12. The molecule has 1 aliphatic rings. The third-order valence-corrected chi connectivity index (χ3v) is 12.2. The van der Waals surface area contributed by atoms with Crippen molar-refractivity contribution in [3.05, 3.63) is 169 Å². The van der Waals surface area contributed by atoms with Crippen LogP contribution in [0.4, 0.5) is 0 Å². The SMILES string of the molecule is CC1(C)c2ccccc2-c2c1c1c3ccccc3n(-c3cccc(-c4nc(-c5ccccc5)nc(-c5ccccc5)n4)c3)c1c1c2sc2ccccc21. The molecule has 0 fully saturated rings. The van der Waals surface area contributed by atoms with Crippen LogP contribution in [-0.4, -0.2) is 19.5 Å². The molecular weight excluding hydrogens is 665 g/mol. The van der Waals surface area contributed by atoms with Crippen LogP contribution >= 0.6 is 11.3 Å². The van der Waals surface area contributed by atoms with Crippen LogP contribution in [0.5, 0.6) is 0 Å². The molecule has 0 unspecified atom stereocenters. The van der Waals surface area contributed by atoms with E-state index in [0.29, 0.717) is 17.5 Å². The number of aromatic nitrogens is 4. The van der Waals surface area contributed by atoms with Crippen LogP contribution in [0.15, 0.2) is 158 Å². The molecule has 0 N–H and O–H groups in total. The average molecular weight is 697 g/mol. The Morgan fingerprint density at radius 3 is 1.85 bits per heavy atom. The fourth-order valence-electron chi connectivity index (χ4n) is 8.68. The van der Waals surface area contributed by atoms with Gasteiger partial charge >= 0.3 is 0 Å². The standard InChI is InChI=1S/C48H32N4S/c1-48(2)36-25-12-9-22-33(36)40-42(48)39-34-23-10-13-26-37(34)52(43(39)41-35-24-11-14-27-38(35)53-44(40)41)32-21-15-20-31(28-32)47-50-45(29-16-5-3-6-17-29)49-46(51-47)30-18-7-4-8-19-30/h3-28H,1-2H3. The summed E-state index contributed by atoms with van der Waals surface area (Å²) >= 11 is 1.92. The summed E-state index contributed by atoms with van der Waals surface area (Å²) in [6.45, 7) is 4.80. The monoisotopic (exact) mass is 696 g/mol. The van der Waals surface area contributed by atoms with Crippen LogP contribution in [0.3, 0.4) is 0 Å². The highest BCUT2D eigenvalue weighted by Gasteiger charge is 2.40. The van der Waals surface area contributed by atoms with E-state index in [-0.39, 0.29) is 5.41 Å². The largest absolute Gasteiger partial charge is 0.309 e. The van der Waals surface area contributed by atoms with Crippen LogP contribution in [0.1, 0.15) is 25.0 Å². The van der Waals surface area contributed by atoms with Crippen molar-refractivity contribution >= 4 is 53.3 Å². The van der Waals surface area contributed by atoms with E-state index in [9.17, 15) is 0 Å². The van der Waals surface area contributed by atoms with Crippen molar-refractivity contribution < 1.29 is 0 Å². The number of nitrogens with zero attached hydrogens (tertiary/aromatic N) is 4. The third-order valence-electron chi connectivity index (χ3n) is 11.0. The highest BCUT2D eigenvalue weighted by molar-refractivity contribution is 7.26. The minimum Gasteiger partial charge on any atom is -0.309 e. The molecule has 0 bridgehead atoms. The zero-order valence-corrected chi connectivity index (χ0v) is 30.0. The molecule has 0 atom stereocenters. The van der Waals surface area contributed by atoms with Crippen molar-refractivity contribution in [1.29, 1.82) is 0 Å². The van der Waals surface area contributed by atoms with E-state index in [4.69, 9.17) is 15.0 Å². The van der Waals surface area contributed by atoms with Gasteiger partial charge in [-0.1, -0.05) is 147 Å². The maximum atomic E-state index is 5.09. The second-order valence-corrected chi connectivity index (χ2v) is 15.4. The Hall–Kier alpha value is -6.43. The molecular formula is C48H32N4S. The second kappa shape index (κ2) is 11.3. The first kappa shape index (κ1) is 30.2. The molecule has 0 saturated carbocycles. The second-order valence-electron chi connectivity index (χ2n) is 14.4. The number of rotatable bonds is 4. The molecule has 53 heavy (non-hydrogen) atoms. The minimum absolute atomic E-state index is 0.183. The van der Waals surface area contributed by atoms with Gasteiger partial charge in [0.25, 0.3) is 0 Å². The Morgan fingerprint density at radius 1 is 0.528 bits per heavy atom. The lowest BCUT2D eigenvalue weighted by Crippen LogP contribution is -2.15. The normalized spacial score (nSPS) is 13.2. The number of hydrogen-bond donors (Lipinski definition) is 0. The highest BCUT2D eigenvalue weighted by Crippen LogP contribution is 2.58. The molecule has 5 heteroatoms. The smallest absolute Gasteiger partial charge is 0.164 e. The van der Waals surface area contributed by atoms with Gasteiger partial charge in [0.1, 0.15) is 0 Å². The fraction of sp³-hybridized carbons (Fsp3) is 0.0625. The van der Waals surface area contributed by atoms with Gasteiger partial charge in [-0.25, -0.2) is 15.0 Å². The van der Waals surface area contributed by atoms with Gasteiger partial charge in [-0.05, 0) is 41.0 Å². The Bertz CT molecular complexity index is 3020. The lowest BCUT2D eigenvalue weighted by molar-refractivity contribution is 0.667. The van der Waals surface area contributed by atoms with Crippen molar-refractivity contribution in [2.24, 2.45) is 0 Å². The van der Waals surface area contributed by atoms with E-state index in [1.54, 1.807) is 0 Å². The van der Waals surface area contributed by atoms with Crippen LogP contribution in [0.25, 0.3) is 93.0 Å². The Labute approximate surface area is 310 Å². The van der Waals surface area contributed by atoms with E-state index in [0.717, 1.165) is 22.4 Å². The highest BCUT2D eigenvalue weighted by atomic mass is 32.1. The van der Waals surface area contributed by atoms with Gasteiger partial charge in [-0.2, -0.15) is 0 Å². The molecule has 11 rings (SSSR count). The summed E-state index contributed by atoms with van der Waals surface area (Å²) in [4.78, 5) is 15.1. The first-order valence-corrected chi connectivity index (χ1v) is 18.9. The lowest BCUT2D eigenvalue weighted by atomic mass is 9.80. The summed E-state index contributed by atoms with van der Waals surface area (Å²) in [7, 11) is 0. The van der Waals surface area contributed by atoms with Crippen molar-refractivity contribution in [3.63, 3.8) is 0 Å². The van der Waals surface area contributed by atoms with E-state index in [1.165, 1.54) is 64.2 Å². The van der Waals surface area contributed by atoms with Gasteiger partial charge in [0.2, 0.25) is 0 Å². The van der Waals surface area contributed by atoms with Crippen LogP contribution < -0.4 is 0 Å². The van der Waals surface area contributed by atoms with Crippen molar-refractivity contribution in [2.75, 3.05) is 0 Å². The predicted octanol–water partition coefficient (Wildman–Crippen LogP) is 12.6. The maximum Gasteiger partial charge on any atom is 0.164 e. The van der Waals surface area contributed by atoms with Crippen molar-refractivity contribution in [3.8, 4) is 51.0 Å². The van der Waals surface area contributed by atoms with Gasteiger partial charge in [-0.3, -0.25) is 0 Å². The zero-order chi connectivity index (χ0) is 35.3. The number of thiophene rings is 1. The molecule has 7 aromatic carbocycles. The predicted molar refractivity (Wildman–Crippen MR) is 221 cm³/mol. The molecule has 0 radical (unpaired) electrons. The van der Waals surface area contributed by atoms with E-state index in [1.807, 2.05) is 47.7 Å². The Balaban J connectivity index is 1.24. The maximum absolute atomic E-state index is 5.09. The first-order chi connectivity index (χ1) is 26.1. The summed E-state index contributed by atoms with van der Waals surface area (Å²) in [5, 5.41) is 5.20. The van der Waals surface area contributed by atoms with Crippen LogP contribution in [0, 0.1) is 0 Å². The van der Waals surface area contributed by atoms with Crippen molar-refractivity contribution in [1.82, 2.24) is 19.5 Å². The molecule has 0 spiro atoms. The molecule has 4 nitrogen and oxygen atoms in total. The summed E-state index contributed by atoms with van der Waals surface area (Å²) in [5.41, 5.74) is 11.7. The van der Waals surface area contributed by atoms with Gasteiger partial charge in [0, 0.05) is 64.3 Å². The summed E-state index contributed by atoms with van der Waals surface area (Å²) in [5.74, 6) is 1.95. The Kier molecular flexibility index (Phi) is 6.43. The van der Waals surface area contributed by atoms with E-state index >= 15 is 0 Å². The molecule has 250 valence electrons. The van der Waals surface area contributed by atoms with Crippen LogP contribution in [0.2, 0.25) is 0 Å². The third kappa shape index (κ3) is 4.38. The quantitative estimate of drug-likeness (QED) is 0.184. The molecule has 3 heterocycles. The molecule has 0 saturated heterocycles. The van der Waals surface area contributed by atoms with E-state index in [2.05, 4.69) is 140 Å². The molecule has 0 aliphatic heterocycles. The molecule has 0 amide bonds. The average Bonchev–Trinajstić information content (AvgIpc) is 3.84. The molecule has 10 aromatic rings. The molecule has 3 aromatic heterocycles. The zero-order valence-electron chi connectivity index (χ0n) is 29.2. The van der Waals surface area contributed by atoms with Gasteiger partial charge < -0.3 is 4.57 Å². The summed E-state index contributed by atoms with van der Waals surface area (Å²) in [6, 6.07) is 55.9. The Morgan fingerprint density at radius 2 is 1.11 bits per heavy atom. The first-order valence-electron chi connectivity index (χ1n) is 18.0. The van der Waals surface area contributed by atoms with Gasteiger partial charge in [-0.15, -0.1) is 11.3 Å². The topological polar surface area (TPSA) is 43.6 Å². The lowest BCUT2D eigenvalue weighted by Gasteiger charge is -2.23. The molecule has 1 aliphatic carbocycles. The number of benzene rings is 7. The number of para-hydroxylation sites is 1. The van der Waals surface area contributed by atoms with E-state index < -0.39 is 0 Å².